The summed E-state index contributed by atoms with van der Waals surface area (Å²) in [5.74, 6) is 6.10. The van der Waals surface area contributed by atoms with Crippen LogP contribution in [0.3, 0.4) is 0 Å². The van der Waals surface area contributed by atoms with Gasteiger partial charge in [-0.2, -0.15) is 0 Å². The van der Waals surface area contributed by atoms with Crippen LogP contribution in [0.25, 0.3) is 0 Å². The first-order chi connectivity index (χ1) is 14.7. The molecule has 0 heterocycles. The lowest BCUT2D eigenvalue weighted by atomic mass is 9.44. The fourth-order valence-electron chi connectivity index (χ4n) is 9.68. The van der Waals surface area contributed by atoms with Gasteiger partial charge in [0.25, 0.3) is 0 Å². The van der Waals surface area contributed by atoms with Gasteiger partial charge >= 0.3 is 0 Å². The first-order valence-corrected chi connectivity index (χ1v) is 13.8. The summed E-state index contributed by atoms with van der Waals surface area (Å²) in [7, 11) is 3.70. The summed E-state index contributed by atoms with van der Waals surface area (Å²) in [5.41, 5.74) is 1.12. The Hall–Kier alpha value is -0.0800. The molecule has 0 spiro atoms. The topological polar surface area (TPSA) is 18.5 Å². The van der Waals surface area contributed by atoms with Gasteiger partial charge in [-0.15, -0.1) is 0 Å². The Morgan fingerprint density at radius 3 is 2.16 bits per heavy atom. The molecule has 4 rings (SSSR count). The minimum atomic E-state index is -0.315. The van der Waals surface area contributed by atoms with E-state index in [0.29, 0.717) is 10.8 Å². The van der Waals surface area contributed by atoms with Crippen LogP contribution in [0.5, 0.6) is 0 Å². The highest BCUT2D eigenvalue weighted by atomic mass is 16.7. The van der Waals surface area contributed by atoms with Gasteiger partial charge in [0.2, 0.25) is 0 Å². The zero-order valence-electron chi connectivity index (χ0n) is 21.8. The first-order valence-electron chi connectivity index (χ1n) is 13.8. The summed E-state index contributed by atoms with van der Waals surface area (Å²) < 4.78 is 11.8. The van der Waals surface area contributed by atoms with E-state index < -0.39 is 0 Å². The molecule has 2 heteroatoms. The van der Waals surface area contributed by atoms with Gasteiger partial charge in [-0.05, 0) is 97.2 Å². The molecule has 0 aromatic heterocycles. The van der Waals surface area contributed by atoms with Gasteiger partial charge in [0.1, 0.15) is 0 Å². The first kappa shape index (κ1) is 24.1. The van der Waals surface area contributed by atoms with Crippen molar-refractivity contribution >= 4 is 0 Å². The second-order valence-electron chi connectivity index (χ2n) is 13.2. The van der Waals surface area contributed by atoms with Crippen LogP contribution < -0.4 is 0 Å². The summed E-state index contributed by atoms with van der Waals surface area (Å²) in [6.45, 7) is 12.7. The van der Waals surface area contributed by atoms with E-state index in [9.17, 15) is 0 Å². The summed E-state index contributed by atoms with van der Waals surface area (Å²) in [6, 6.07) is 0. The average Bonchev–Trinajstić information content (AvgIpc) is 3.10. The largest absolute Gasteiger partial charge is 0.353 e. The lowest BCUT2D eigenvalue weighted by Gasteiger charge is -2.62. The maximum absolute atomic E-state index is 5.91. The van der Waals surface area contributed by atoms with Crippen molar-refractivity contribution in [2.24, 2.45) is 52.3 Å². The third-order valence-corrected chi connectivity index (χ3v) is 11.6. The van der Waals surface area contributed by atoms with Gasteiger partial charge < -0.3 is 9.47 Å². The van der Waals surface area contributed by atoms with Gasteiger partial charge in [-0.25, -0.2) is 0 Å². The normalized spacial score (nSPS) is 45.1. The average molecular weight is 433 g/mol. The van der Waals surface area contributed by atoms with E-state index in [0.717, 1.165) is 54.3 Å². The number of hydrogen-bond donors (Lipinski definition) is 0. The van der Waals surface area contributed by atoms with E-state index >= 15 is 0 Å². The van der Waals surface area contributed by atoms with E-state index in [4.69, 9.17) is 9.47 Å². The maximum Gasteiger partial charge on any atom is 0.167 e. The fraction of sp³-hybridized carbons (Fsp3) is 1.00. The van der Waals surface area contributed by atoms with Crippen molar-refractivity contribution in [2.45, 2.75) is 117 Å². The van der Waals surface area contributed by atoms with Crippen LogP contribution in [0.2, 0.25) is 0 Å². The van der Waals surface area contributed by atoms with Crippen LogP contribution in [0, 0.1) is 52.3 Å². The van der Waals surface area contributed by atoms with E-state index in [2.05, 4.69) is 34.6 Å². The predicted octanol–water partition coefficient (Wildman–Crippen LogP) is 8.10. The lowest BCUT2D eigenvalue weighted by molar-refractivity contribution is -0.261. The Balaban J connectivity index is 1.46. The molecule has 4 saturated carbocycles. The molecule has 0 aromatic rings. The zero-order valence-corrected chi connectivity index (χ0v) is 21.8. The van der Waals surface area contributed by atoms with E-state index in [-0.39, 0.29) is 5.79 Å². The van der Waals surface area contributed by atoms with E-state index in [1.165, 1.54) is 64.2 Å². The Labute approximate surface area is 193 Å². The lowest BCUT2D eigenvalue weighted by Crippen LogP contribution is -2.56. The quantitative estimate of drug-likeness (QED) is 0.378. The van der Waals surface area contributed by atoms with E-state index in [1.807, 2.05) is 14.2 Å². The Kier molecular flexibility index (Phi) is 6.93. The van der Waals surface area contributed by atoms with Crippen molar-refractivity contribution < 1.29 is 9.47 Å². The van der Waals surface area contributed by atoms with Crippen LogP contribution >= 0.6 is 0 Å². The minimum absolute atomic E-state index is 0.315. The standard InChI is InChI=1S/C29H52O2/c1-20(2)9-8-10-21(3)24-13-14-25-23-12-11-22-19-29(30-6,31-7)18-17-27(22,4)26(23)15-16-28(24,25)5/h20-26H,8-19H2,1-7H3/t21-,22-,23-,24+,25-,26-,27-,28+/m0/s1. The van der Waals surface area contributed by atoms with Gasteiger partial charge in [0.05, 0.1) is 0 Å². The molecule has 0 saturated heterocycles. The minimum Gasteiger partial charge on any atom is -0.353 e. The molecule has 8 atom stereocenters. The monoisotopic (exact) mass is 432 g/mol. The molecular weight excluding hydrogens is 380 g/mol. The molecule has 0 aliphatic heterocycles. The number of fused-ring (bicyclic) bond motifs is 5. The molecule has 2 nitrogen and oxygen atoms in total. The summed E-state index contributed by atoms with van der Waals surface area (Å²) in [4.78, 5) is 0. The van der Waals surface area contributed by atoms with Crippen molar-refractivity contribution in [3.63, 3.8) is 0 Å². The summed E-state index contributed by atoms with van der Waals surface area (Å²) in [5, 5.41) is 0. The third kappa shape index (κ3) is 4.05. The molecule has 4 aliphatic rings. The Bertz CT molecular complexity index is 610. The van der Waals surface area contributed by atoms with Crippen molar-refractivity contribution in [2.75, 3.05) is 14.2 Å². The maximum atomic E-state index is 5.91. The van der Waals surface area contributed by atoms with Crippen LogP contribution in [-0.2, 0) is 9.47 Å². The molecule has 4 fully saturated rings. The summed E-state index contributed by atoms with van der Waals surface area (Å²) in [6.07, 6.45) is 16.6. The molecule has 0 bridgehead atoms. The molecule has 31 heavy (non-hydrogen) atoms. The van der Waals surface area contributed by atoms with Crippen molar-refractivity contribution in [3.05, 3.63) is 0 Å². The number of hydrogen-bond acceptors (Lipinski definition) is 2. The number of ether oxygens (including phenoxy) is 2. The Morgan fingerprint density at radius 1 is 0.774 bits per heavy atom. The molecule has 0 N–H and O–H groups in total. The van der Waals surface area contributed by atoms with Crippen LogP contribution in [0.4, 0.5) is 0 Å². The fourth-order valence-corrected chi connectivity index (χ4v) is 9.68. The second-order valence-corrected chi connectivity index (χ2v) is 13.2. The van der Waals surface area contributed by atoms with Crippen LogP contribution in [0.15, 0.2) is 0 Å². The Morgan fingerprint density at radius 2 is 1.48 bits per heavy atom. The van der Waals surface area contributed by atoms with Crippen molar-refractivity contribution in [3.8, 4) is 0 Å². The van der Waals surface area contributed by atoms with Gasteiger partial charge in [0, 0.05) is 27.1 Å². The SMILES string of the molecule is COC1(OC)CC[C@@]2(C)[C@@H](CC[C@@H]3[C@@H]2CC[C@]2(C)[C@@H]([C@@H](C)CCCC(C)C)CC[C@@H]32)C1. The molecule has 4 aliphatic carbocycles. The molecular formula is C29H52O2. The van der Waals surface area contributed by atoms with Crippen molar-refractivity contribution in [1.29, 1.82) is 0 Å². The third-order valence-electron chi connectivity index (χ3n) is 11.6. The zero-order chi connectivity index (χ0) is 22.4. The highest BCUT2D eigenvalue weighted by Gasteiger charge is 2.61. The molecule has 180 valence electrons. The van der Waals surface area contributed by atoms with Crippen LogP contribution in [0.1, 0.15) is 112 Å². The highest BCUT2D eigenvalue weighted by molar-refractivity contribution is 5.10. The van der Waals surface area contributed by atoms with Gasteiger partial charge in [0.15, 0.2) is 5.79 Å². The summed E-state index contributed by atoms with van der Waals surface area (Å²) >= 11 is 0. The predicted molar refractivity (Wildman–Crippen MR) is 130 cm³/mol. The molecule has 0 aromatic carbocycles. The van der Waals surface area contributed by atoms with Crippen LogP contribution in [-0.4, -0.2) is 20.0 Å². The smallest absolute Gasteiger partial charge is 0.167 e. The molecule has 0 unspecified atom stereocenters. The van der Waals surface area contributed by atoms with Crippen molar-refractivity contribution in [1.82, 2.24) is 0 Å². The number of rotatable bonds is 7. The second kappa shape index (κ2) is 8.94. The van der Waals surface area contributed by atoms with E-state index in [1.54, 1.807) is 0 Å². The molecule has 0 amide bonds. The van der Waals surface area contributed by atoms with Gasteiger partial charge in [-0.3, -0.25) is 0 Å². The highest BCUT2D eigenvalue weighted by Crippen LogP contribution is 2.69. The van der Waals surface area contributed by atoms with Gasteiger partial charge in [-0.1, -0.05) is 53.9 Å². The molecule has 0 radical (unpaired) electrons. The number of methoxy groups -OCH3 is 2.